The van der Waals surface area contributed by atoms with Crippen LogP contribution in [0.15, 0.2) is 77.7 Å². The molecule has 0 aliphatic rings. The third kappa shape index (κ3) is 7.58. The minimum Gasteiger partial charge on any atom is -0.352 e. The summed E-state index contributed by atoms with van der Waals surface area (Å²) < 4.78 is 42.1. The Morgan fingerprint density at radius 3 is 2.23 bits per heavy atom. The van der Waals surface area contributed by atoms with Gasteiger partial charge in [-0.3, -0.25) is 13.9 Å². The predicted molar refractivity (Wildman–Crippen MR) is 151 cm³/mol. The Labute approximate surface area is 234 Å². The van der Waals surface area contributed by atoms with Crippen LogP contribution in [0, 0.1) is 12.7 Å². The van der Waals surface area contributed by atoms with E-state index in [-0.39, 0.29) is 29.1 Å². The number of halogens is 2. The normalized spacial score (nSPS) is 12.9. The fraction of sp³-hybridized carbons (Fsp3) is 0.310. The number of nitrogens with zero attached hydrogens (tertiary/aromatic N) is 2. The Morgan fingerprint density at radius 1 is 1.00 bits per heavy atom. The van der Waals surface area contributed by atoms with Gasteiger partial charge in [0.2, 0.25) is 11.8 Å². The van der Waals surface area contributed by atoms with Crippen molar-refractivity contribution < 1.29 is 22.4 Å². The van der Waals surface area contributed by atoms with Gasteiger partial charge in [-0.15, -0.1) is 0 Å². The first-order chi connectivity index (χ1) is 18.4. The lowest BCUT2D eigenvalue weighted by atomic mass is 10.1. The van der Waals surface area contributed by atoms with Crippen molar-refractivity contribution in [3.8, 4) is 0 Å². The van der Waals surface area contributed by atoms with Crippen molar-refractivity contribution in [2.45, 2.75) is 57.6 Å². The summed E-state index contributed by atoms with van der Waals surface area (Å²) in [6.45, 7) is 6.54. The molecule has 2 atom stereocenters. The number of amides is 2. The van der Waals surface area contributed by atoms with Crippen LogP contribution in [-0.4, -0.2) is 43.8 Å². The van der Waals surface area contributed by atoms with Gasteiger partial charge in [-0.25, -0.2) is 12.8 Å². The quantitative estimate of drug-likeness (QED) is 0.337. The number of hydrogen-bond acceptors (Lipinski definition) is 4. The van der Waals surface area contributed by atoms with Crippen molar-refractivity contribution in [3.63, 3.8) is 0 Å². The van der Waals surface area contributed by atoms with E-state index in [1.165, 1.54) is 47.4 Å². The van der Waals surface area contributed by atoms with E-state index < -0.39 is 34.3 Å². The molecule has 0 heterocycles. The highest BCUT2D eigenvalue weighted by molar-refractivity contribution is 7.92. The Morgan fingerprint density at radius 2 is 1.64 bits per heavy atom. The lowest BCUT2D eigenvalue weighted by Gasteiger charge is -2.32. The van der Waals surface area contributed by atoms with Gasteiger partial charge in [0.15, 0.2) is 0 Å². The molecule has 3 aromatic rings. The molecule has 7 nitrogen and oxygen atoms in total. The van der Waals surface area contributed by atoms with Gasteiger partial charge in [0.25, 0.3) is 10.0 Å². The molecule has 0 saturated heterocycles. The van der Waals surface area contributed by atoms with Crippen molar-refractivity contribution in [2.75, 3.05) is 10.8 Å². The summed E-state index contributed by atoms with van der Waals surface area (Å²) >= 11 is 6.33. The van der Waals surface area contributed by atoms with Crippen LogP contribution in [0.5, 0.6) is 0 Å². The largest absolute Gasteiger partial charge is 0.352 e. The minimum atomic E-state index is -4.18. The summed E-state index contributed by atoms with van der Waals surface area (Å²) in [6.07, 6.45) is 0.696. The molecule has 0 bridgehead atoms. The zero-order valence-electron chi connectivity index (χ0n) is 22.4. The molecule has 2 amide bonds. The summed E-state index contributed by atoms with van der Waals surface area (Å²) in [5.74, 6) is -1.42. The fourth-order valence-corrected chi connectivity index (χ4v) is 5.42. The molecule has 0 saturated carbocycles. The number of carbonyl (C=O) groups excluding carboxylic acids is 2. The molecule has 3 rings (SSSR count). The molecule has 0 spiro atoms. The van der Waals surface area contributed by atoms with Crippen molar-refractivity contribution in [1.29, 1.82) is 0 Å². The van der Waals surface area contributed by atoms with Crippen molar-refractivity contribution >= 4 is 39.1 Å². The van der Waals surface area contributed by atoms with Gasteiger partial charge in [0.05, 0.1) is 10.6 Å². The van der Waals surface area contributed by atoms with E-state index in [9.17, 15) is 22.4 Å². The first-order valence-electron chi connectivity index (χ1n) is 12.6. The smallest absolute Gasteiger partial charge is 0.264 e. The van der Waals surface area contributed by atoms with Crippen molar-refractivity contribution in [3.05, 3.63) is 94.8 Å². The molecule has 1 N–H and O–H groups in total. The van der Waals surface area contributed by atoms with E-state index in [4.69, 9.17) is 11.6 Å². The molecule has 39 heavy (non-hydrogen) atoms. The van der Waals surface area contributed by atoms with Gasteiger partial charge in [-0.2, -0.15) is 0 Å². The topological polar surface area (TPSA) is 86.8 Å². The standard InChI is InChI=1S/C29H33ClFN3O4S/c1-5-21(3)32-29(36)22(4)33(18-23-12-14-24(31)15-13-23)28(35)19-34(25-16-11-20(2)27(30)17-25)39(37,38)26-9-7-6-8-10-26/h6-17,21-22H,5,18-19H2,1-4H3,(H,32,36)/t21-,22+/m0/s1. The van der Waals surface area contributed by atoms with Crippen LogP contribution >= 0.6 is 11.6 Å². The average Bonchev–Trinajstić information content (AvgIpc) is 2.92. The van der Waals surface area contributed by atoms with E-state index in [2.05, 4.69) is 5.32 Å². The second kappa shape index (κ2) is 13.1. The highest BCUT2D eigenvalue weighted by atomic mass is 35.5. The maximum absolute atomic E-state index is 13.9. The molecule has 0 aliphatic carbocycles. The third-order valence-corrected chi connectivity index (χ3v) is 8.68. The third-order valence-electron chi connectivity index (χ3n) is 6.49. The van der Waals surface area contributed by atoms with E-state index in [1.807, 2.05) is 13.8 Å². The number of carbonyl (C=O) groups is 2. The fourth-order valence-electron chi connectivity index (χ4n) is 3.82. The molecule has 0 fully saturated rings. The maximum Gasteiger partial charge on any atom is 0.264 e. The van der Waals surface area contributed by atoms with Gasteiger partial charge < -0.3 is 10.2 Å². The molecule has 10 heteroatoms. The Hall–Kier alpha value is -3.43. The van der Waals surface area contributed by atoms with E-state index >= 15 is 0 Å². The van der Waals surface area contributed by atoms with E-state index in [1.54, 1.807) is 44.2 Å². The van der Waals surface area contributed by atoms with Crippen LogP contribution in [-0.2, 0) is 26.2 Å². The minimum absolute atomic E-state index is 0.00199. The molecular weight excluding hydrogens is 541 g/mol. The Balaban J connectivity index is 2.03. The van der Waals surface area contributed by atoms with Crippen LogP contribution in [0.2, 0.25) is 5.02 Å². The molecule has 0 aromatic heterocycles. The SMILES string of the molecule is CC[C@H](C)NC(=O)[C@@H](C)N(Cc1ccc(F)cc1)C(=O)CN(c1ccc(C)c(Cl)c1)S(=O)(=O)c1ccccc1. The van der Waals surface area contributed by atoms with Crippen molar-refractivity contribution in [1.82, 2.24) is 10.2 Å². The summed E-state index contributed by atoms with van der Waals surface area (Å²) in [5.41, 5.74) is 1.54. The van der Waals surface area contributed by atoms with Crippen molar-refractivity contribution in [2.24, 2.45) is 0 Å². The number of anilines is 1. The first kappa shape index (κ1) is 30.1. The number of nitrogens with one attached hydrogen (secondary N) is 1. The van der Waals surface area contributed by atoms with Gasteiger partial charge >= 0.3 is 0 Å². The maximum atomic E-state index is 13.9. The monoisotopic (exact) mass is 573 g/mol. The van der Waals surface area contributed by atoms with E-state index in [0.29, 0.717) is 17.0 Å². The molecule has 208 valence electrons. The van der Waals surface area contributed by atoms with Crippen LogP contribution in [0.1, 0.15) is 38.3 Å². The number of hydrogen-bond donors (Lipinski definition) is 1. The highest BCUT2D eigenvalue weighted by Crippen LogP contribution is 2.28. The zero-order valence-corrected chi connectivity index (χ0v) is 24.0. The molecule has 0 unspecified atom stereocenters. The average molecular weight is 574 g/mol. The van der Waals surface area contributed by atoms with E-state index in [0.717, 1.165) is 9.87 Å². The number of aryl methyl sites for hydroxylation is 1. The first-order valence-corrected chi connectivity index (χ1v) is 14.4. The summed E-state index contributed by atoms with van der Waals surface area (Å²) in [5, 5.41) is 3.22. The van der Waals surface area contributed by atoms with Gasteiger partial charge in [0, 0.05) is 17.6 Å². The zero-order chi connectivity index (χ0) is 28.7. The highest BCUT2D eigenvalue weighted by Gasteiger charge is 2.33. The van der Waals surface area contributed by atoms with Crippen LogP contribution in [0.3, 0.4) is 0 Å². The van der Waals surface area contributed by atoms with Gasteiger partial charge in [-0.05, 0) is 74.7 Å². The Bertz CT molecular complexity index is 1400. The second-order valence-electron chi connectivity index (χ2n) is 9.40. The second-order valence-corrected chi connectivity index (χ2v) is 11.7. The molecule has 0 aliphatic heterocycles. The summed E-state index contributed by atoms with van der Waals surface area (Å²) in [6, 6.07) is 17.0. The molecule has 0 radical (unpaired) electrons. The Kier molecular flexibility index (Phi) is 10.1. The van der Waals surface area contributed by atoms with Crippen LogP contribution in [0.25, 0.3) is 0 Å². The van der Waals surface area contributed by atoms with Gasteiger partial charge in [0.1, 0.15) is 18.4 Å². The molecule has 3 aromatic carbocycles. The number of rotatable bonds is 11. The number of benzene rings is 3. The summed E-state index contributed by atoms with van der Waals surface area (Å²) in [4.78, 5) is 28.2. The molecular formula is C29H33ClFN3O4S. The summed E-state index contributed by atoms with van der Waals surface area (Å²) in [7, 11) is -4.18. The lowest BCUT2D eigenvalue weighted by molar-refractivity contribution is -0.139. The van der Waals surface area contributed by atoms with Crippen LogP contribution in [0.4, 0.5) is 10.1 Å². The number of sulfonamides is 1. The lowest BCUT2D eigenvalue weighted by Crippen LogP contribution is -2.52. The van der Waals surface area contributed by atoms with Crippen LogP contribution < -0.4 is 9.62 Å². The van der Waals surface area contributed by atoms with Gasteiger partial charge in [-0.1, -0.05) is 54.9 Å². The predicted octanol–water partition coefficient (Wildman–Crippen LogP) is 5.31.